The summed E-state index contributed by atoms with van der Waals surface area (Å²) in [6.07, 6.45) is -0.566. The lowest BCUT2D eigenvalue weighted by atomic mass is 10.4. The smallest absolute Gasteiger partial charge is 0.424 e. The van der Waals surface area contributed by atoms with Crippen molar-refractivity contribution in [2.45, 2.75) is 11.8 Å². The van der Waals surface area contributed by atoms with Crippen LogP contribution in [-0.2, 0) is 24.2 Å². The van der Waals surface area contributed by atoms with Crippen molar-refractivity contribution >= 4 is 27.7 Å². The third-order valence-electron chi connectivity index (χ3n) is 2.68. The number of imide groups is 3. The van der Waals surface area contributed by atoms with Crippen LogP contribution in [0.15, 0.2) is 46.2 Å². The molecular formula is C13H11NO6S. The molecule has 8 heteroatoms. The number of amides is 3. The highest BCUT2D eigenvalue weighted by Gasteiger charge is 2.43. The fraction of sp³-hybridized carbons (Fsp3) is 0.154. The van der Waals surface area contributed by atoms with E-state index in [1.165, 1.54) is 31.2 Å². The molecule has 1 heterocycles. The van der Waals surface area contributed by atoms with Crippen molar-refractivity contribution in [3.63, 3.8) is 0 Å². The van der Waals surface area contributed by atoms with Gasteiger partial charge in [-0.2, -0.15) is 4.90 Å². The predicted octanol–water partition coefficient (Wildman–Crippen LogP) is 0.870. The monoisotopic (exact) mass is 309 g/mol. The highest BCUT2D eigenvalue weighted by molar-refractivity contribution is 7.96. The first-order chi connectivity index (χ1) is 9.89. The lowest BCUT2D eigenvalue weighted by molar-refractivity contribution is -0.134. The maximum atomic E-state index is 12.3. The standard InChI is InChI=1S/C13H11NO6S/c1-2-20-13(17)14-11(15)8-10(12(14)16)21(18,19)9-6-4-3-5-7-9/h3-8H,2H2,1H3. The van der Waals surface area contributed by atoms with Crippen molar-refractivity contribution in [3.05, 3.63) is 41.3 Å². The second-order valence-electron chi connectivity index (χ2n) is 4.00. The summed E-state index contributed by atoms with van der Waals surface area (Å²) in [5.74, 6) is -2.24. The zero-order valence-electron chi connectivity index (χ0n) is 11.0. The third-order valence-corrected chi connectivity index (χ3v) is 4.45. The topological polar surface area (TPSA) is 97.8 Å². The normalized spacial score (nSPS) is 15.1. The molecule has 0 fully saturated rings. The first-order valence-electron chi connectivity index (χ1n) is 5.96. The average molecular weight is 309 g/mol. The molecule has 3 amide bonds. The number of carbonyl (C=O) groups excluding carboxylic acids is 3. The molecule has 1 aromatic rings. The summed E-state index contributed by atoms with van der Waals surface area (Å²) in [7, 11) is -4.16. The lowest BCUT2D eigenvalue weighted by Gasteiger charge is -2.12. The van der Waals surface area contributed by atoms with Crippen molar-refractivity contribution in [1.29, 1.82) is 0 Å². The van der Waals surface area contributed by atoms with Gasteiger partial charge in [-0.15, -0.1) is 0 Å². The van der Waals surface area contributed by atoms with E-state index in [9.17, 15) is 22.8 Å². The largest absolute Gasteiger partial charge is 0.449 e. The van der Waals surface area contributed by atoms with E-state index < -0.39 is 32.6 Å². The van der Waals surface area contributed by atoms with E-state index in [2.05, 4.69) is 4.74 Å². The Morgan fingerprint density at radius 3 is 2.38 bits per heavy atom. The maximum Gasteiger partial charge on any atom is 0.424 e. The van der Waals surface area contributed by atoms with Crippen LogP contribution in [-0.4, -0.2) is 37.8 Å². The van der Waals surface area contributed by atoms with Gasteiger partial charge in [0.05, 0.1) is 11.5 Å². The molecule has 2 rings (SSSR count). The zero-order valence-corrected chi connectivity index (χ0v) is 11.8. The molecule has 0 atom stereocenters. The number of nitrogens with zero attached hydrogens (tertiary/aromatic N) is 1. The predicted molar refractivity (Wildman–Crippen MR) is 70.6 cm³/mol. The van der Waals surface area contributed by atoms with Crippen LogP contribution < -0.4 is 0 Å². The van der Waals surface area contributed by atoms with E-state index in [-0.39, 0.29) is 16.4 Å². The number of benzene rings is 1. The molecule has 0 spiro atoms. The minimum Gasteiger partial charge on any atom is -0.449 e. The molecule has 1 aliphatic heterocycles. The van der Waals surface area contributed by atoms with Crippen LogP contribution in [0.4, 0.5) is 4.79 Å². The number of carbonyl (C=O) groups is 3. The summed E-state index contributed by atoms with van der Waals surface area (Å²) in [5.41, 5.74) is 0. The van der Waals surface area contributed by atoms with Crippen molar-refractivity contribution < 1.29 is 27.5 Å². The number of hydrogen-bond acceptors (Lipinski definition) is 6. The van der Waals surface area contributed by atoms with Crippen molar-refractivity contribution in [2.24, 2.45) is 0 Å². The second kappa shape index (κ2) is 5.49. The molecule has 0 saturated heterocycles. The van der Waals surface area contributed by atoms with Gasteiger partial charge in [-0.3, -0.25) is 9.59 Å². The number of hydrogen-bond donors (Lipinski definition) is 0. The average Bonchev–Trinajstić information content (AvgIpc) is 2.76. The van der Waals surface area contributed by atoms with Crippen LogP contribution in [0.5, 0.6) is 0 Å². The first-order valence-corrected chi connectivity index (χ1v) is 7.45. The van der Waals surface area contributed by atoms with Crippen LogP contribution in [0, 0.1) is 0 Å². The molecule has 21 heavy (non-hydrogen) atoms. The van der Waals surface area contributed by atoms with Gasteiger partial charge in [-0.05, 0) is 19.1 Å². The Kier molecular flexibility index (Phi) is 3.90. The summed E-state index contributed by atoms with van der Waals surface area (Å²) >= 11 is 0. The van der Waals surface area contributed by atoms with E-state index in [4.69, 9.17) is 0 Å². The summed E-state index contributed by atoms with van der Waals surface area (Å²) in [6.45, 7) is 1.45. The van der Waals surface area contributed by atoms with Crippen LogP contribution in [0.3, 0.4) is 0 Å². The van der Waals surface area contributed by atoms with Gasteiger partial charge in [0.1, 0.15) is 4.91 Å². The highest BCUT2D eigenvalue weighted by atomic mass is 32.2. The molecule has 1 aromatic carbocycles. The molecule has 0 saturated carbocycles. The summed E-state index contributed by atoms with van der Waals surface area (Å²) in [6, 6.07) is 7.16. The first kappa shape index (κ1) is 14.9. The minimum absolute atomic E-state index is 0.0450. The molecule has 0 aliphatic carbocycles. The fourth-order valence-electron chi connectivity index (χ4n) is 1.73. The van der Waals surface area contributed by atoms with Crippen molar-refractivity contribution in [3.8, 4) is 0 Å². The van der Waals surface area contributed by atoms with Gasteiger partial charge in [0.2, 0.25) is 9.84 Å². The molecular weight excluding hydrogens is 298 g/mol. The summed E-state index contributed by atoms with van der Waals surface area (Å²) in [5, 5.41) is 0. The Bertz CT molecular complexity index is 735. The van der Waals surface area contributed by atoms with E-state index in [0.29, 0.717) is 6.08 Å². The zero-order chi connectivity index (χ0) is 15.6. The van der Waals surface area contributed by atoms with Gasteiger partial charge in [-0.25, -0.2) is 13.2 Å². The fourth-order valence-corrected chi connectivity index (χ4v) is 3.08. The van der Waals surface area contributed by atoms with E-state index >= 15 is 0 Å². The molecule has 1 aliphatic rings. The number of sulfone groups is 1. The third kappa shape index (κ3) is 2.57. The van der Waals surface area contributed by atoms with Gasteiger partial charge in [0, 0.05) is 6.08 Å². The second-order valence-corrected chi connectivity index (χ2v) is 5.92. The Morgan fingerprint density at radius 2 is 1.81 bits per heavy atom. The molecule has 0 bridgehead atoms. The lowest BCUT2D eigenvalue weighted by Crippen LogP contribution is -2.38. The Morgan fingerprint density at radius 1 is 1.19 bits per heavy atom. The summed E-state index contributed by atoms with van der Waals surface area (Å²) in [4.78, 5) is 34.5. The quantitative estimate of drug-likeness (QED) is 0.768. The Balaban J connectivity index is 2.39. The van der Waals surface area contributed by atoms with Gasteiger partial charge in [0.25, 0.3) is 11.8 Å². The molecule has 0 N–H and O–H groups in total. The minimum atomic E-state index is -4.16. The van der Waals surface area contributed by atoms with Crippen LogP contribution in [0.2, 0.25) is 0 Å². The molecule has 0 aromatic heterocycles. The van der Waals surface area contributed by atoms with Crippen molar-refractivity contribution in [2.75, 3.05) is 6.61 Å². The van der Waals surface area contributed by atoms with Gasteiger partial charge in [0.15, 0.2) is 0 Å². The molecule has 110 valence electrons. The van der Waals surface area contributed by atoms with Gasteiger partial charge < -0.3 is 4.74 Å². The SMILES string of the molecule is CCOC(=O)N1C(=O)C=C(S(=O)(=O)c2ccccc2)C1=O. The van der Waals surface area contributed by atoms with Gasteiger partial charge >= 0.3 is 6.09 Å². The molecule has 0 unspecified atom stereocenters. The van der Waals surface area contributed by atoms with Crippen LogP contribution in [0.25, 0.3) is 0 Å². The van der Waals surface area contributed by atoms with E-state index in [1.54, 1.807) is 6.07 Å². The maximum absolute atomic E-state index is 12.3. The Hall–Kier alpha value is -2.48. The van der Waals surface area contributed by atoms with Crippen LogP contribution in [0.1, 0.15) is 6.92 Å². The van der Waals surface area contributed by atoms with Crippen LogP contribution >= 0.6 is 0 Å². The van der Waals surface area contributed by atoms with E-state index in [0.717, 1.165) is 0 Å². The number of ether oxygens (including phenoxy) is 1. The van der Waals surface area contributed by atoms with E-state index in [1.807, 2.05) is 0 Å². The van der Waals surface area contributed by atoms with Crippen molar-refractivity contribution in [1.82, 2.24) is 4.90 Å². The Labute approximate surface area is 120 Å². The highest BCUT2D eigenvalue weighted by Crippen LogP contribution is 2.25. The molecule has 7 nitrogen and oxygen atoms in total. The number of rotatable bonds is 3. The van der Waals surface area contributed by atoms with Gasteiger partial charge in [-0.1, -0.05) is 18.2 Å². The summed E-state index contributed by atoms with van der Waals surface area (Å²) < 4.78 is 29.1. The molecule has 0 radical (unpaired) electrons.